The van der Waals surface area contributed by atoms with Gasteiger partial charge in [-0.05, 0) is 55.8 Å². The number of ether oxygens (including phenoxy) is 1. The topological polar surface area (TPSA) is 108 Å². The fourth-order valence-electron chi connectivity index (χ4n) is 5.93. The van der Waals surface area contributed by atoms with E-state index in [-0.39, 0.29) is 30.9 Å². The minimum Gasteiger partial charge on any atom is -0.447 e. The van der Waals surface area contributed by atoms with Crippen molar-refractivity contribution in [1.82, 2.24) is 15.2 Å². The third kappa shape index (κ3) is 8.11. The van der Waals surface area contributed by atoms with Gasteiger partial charge in [-0.15, -0.1) is 0 Å². The number of benzene rings is 3. The molecule has 2 heterocycles. The number of amides is 2. The van der Waals surface area contributed by atoms with Crippen molar-refractivity contribution in [3.8, 4) is 11.1 Å². The fourth-order valence-corrected chi connectivity index (χ4v) is 5.93. The molecule has 1 atom stereocenters. The van der Waals surface area contributed by atoms with Gasteiger partial charge in [0.1, 0.15) is 6.61 Å². The molecule has 1 unspecified atom stereocenters. The average Bonchev–Trinajstić information content (AvgIpc) is 3.06. The predicted octanol–water partition coefficient (Wildman–Crippen LogP) is 4.82. The van der Waals surface area contributed by atoms with Gasteiger partial charge in [0.2, 0.25) is 5.91 Å². The smallest absolute Gasteiger partial charge is 0.429 e. The Kier molecular flexibility index (Phi) is 11.1. The highest BCUT2D eigenvalue weighted by Gasteiger charge is 2.29. The second kappa shape index (κ2) is 15.6. The quantitative estimate of drug-likeness (QED) is 0.228. The van der Waals surface area contributed by atoms with E-state index >= 15 is 0 Å². The number of para-hydroxylation sites is 1. The van der Waals surface area contributed by atoms with Crippen LogP contribution in [0, 0.1) is 6.42 Å². The molecule has 44 heavy (non-hydrogen) atoms. The predicted molar refractivity (Wildman–Crippen MR) is 172 cm³/mol. The third-order valence-corrected chi connectivity index (χ3v) is 8.25. The van der Waals surface area contributed by atoms with Crippen molar-refractivity contribution in [3.63, 3.8) is 0 Å². The Morgan fingerprint density at radius 1 is 0.886 bits per heavy atom. The highest BCUT2D eigenvalue weighted by atomic mass is 16.6. The van der Waals surface area contributed by atoms with Gasteiger partial charge in [-0.2, -0.15) is 0 Å². The lowest BCUT2D eigenvalue weighted by Gasteiger charge is -2.37. The molecular weight excluding hydrogens is 554 g/mol. The van der Waals surface area contributed by atoms with Crippen LogP contribution in [-0.4, -0.2) is 73.1 Å². The Morgan fingerprint density at radius 3 is 2.36 bits per heavy atom. The van der Waals surface area contributed by atoms with Crippen molar-refractivity contribution < 1.29 is 19.1 Å². The Bertz CT molecular complexity index is 1390. The molecule has 9 heteroatoms. The second-order valence-corrected chi connectivity index (χ2v) is 11.3. The van der Waals surface area contributed by atoms with Gasteiger partial charge in [-0.25, -0.2) is 14.8 Å². The Morgan fingerprint density at radius 2 is 1.61 bits per heavy atom. The third-order valence-electron chi connectivity index (χ3n) is 8.25. The molecule has 2 amide bonds. The van der Waals surface area contributed by atoms with Crippen LogP contribution in [0.25, 0.3) is 11.1 Å². The van der Waals surface area contributed by atoms with Gasteiger partial charge < -0.3 is 15.8 Å². The maximum atomic E-state index is 13.5. The first kappa shape index (κ1) is 31.4. The van der Waals surface area contributed by atoms with E-state index in [0.29, 0.717) is 18.7 Å². The minimum absolute atomic E-state index is 0.0427. The SMILES string of the molecule is NC(=O)C1CCCCN1Cc1ccc(C(=O)CNCCOC(=O)N(c2ccccc2-c2ccccc2)N2CC[CH]CC2)cc1. The number of nitrogens with zero attached hydrogens (tertiary/aromatic N) is 3. The molecule has 5 rings (SSSR count). The zero-order valence-corrected chi connectivity index (χ0v) is 25.2. The van der Waals surface area contributed by atoms with Gasteiger partial charge in [-0.1, -0.05) is 79.2 Å². The van der Waals surface area contributed by atoms with Gasteiger partial charge in [0.25, 0.3) is 0 Å². The van der Waals surface area contributed by atoms with Crippen LogP contribution < -0.4 is 16.1 Å². The fraction of sp³-hybridized carbons (Fsp3) is 0.371. The summed E-state index contributed by atoms with van der Waals surface area (Å²) in [6.07, 6.45) is 6.46. The number of piperidine rings is 2. The van der Waals surface area contributed by atoms with Gasteiger partial charge in [0, 0.05) is 37.3 Å². The number of nitrogens with two attached hydrogens (primary N) is 1. The first-order valence-electron chi connectivity index (χ1n) is 15.6. The molecule has 231 valence electrons. The number of hydrazine groups is 1. The summed E-state index contributed by atoms with van der Waals surface area (Å²) in [5.74, 6) is -0.318. The van der Waals surface area contributed by atoms with Crippen LogP contribution in [0.3, 0.4) is 0 Å². The first-order valence-corrected chi connectivity index (χ1v) is 15.6. The summed E-state index contributed by atoms with van der Waals surface area (Å²) in [6.45, 7) is 3.55. The molecule has 3 aromatic rings. The van der Waals surface area contributed by atoms with Crippen LogP contribution in [0.5, 0.6) is 0 Å². The summed E-state index contributed by atoms with van der Waals surface area (Å²) < 4.78 is 5.73. The maximum Gasteiger partial charge on any atom is 0.429 e. The highest BCUT2D eigenvalue weighted by Crippen LogP contribution is 2.33. The summed E-state index contributed by atoms with van der Waals surface area (Å²) in [5, 5.41) is 6.82. The minimum atomic E-state index is -0.439. The number of carbonyl (C=O) groups excluding carboxylic acids is 3. The van der Waals surface area contributed by atoms with Crippen molar-refractivity contribution in [2.75, 3.05) is 44.3 Å². The molecule has 3 aromatic carbocycles. The molecule has 2 saturated heterocycles. The number of hydrogen-bond acceptors (Lipinski definition) is 7. The zero-order valence-electron chi connectivity index (χ0n) is 25.2. The van der Waals surface area contributed by atoms with Gasteiger partial charge in [-0.3, -0.25) is 14.5 Å². The zero-order chi connectivity index (χ0) is 30.7. The Labute approximate surface area is 259 Å². The summed E-state index contributed by atoms with van der Waals surface area (Å²) in [6, 6.07) is 25.2. The lowest BCUT2D eigenvalue weighted by atomic mass is 10.00. The molecule has 1 radical (unpaired) electrons. The molecule has 0 aromatic heterocycles. The molecule has 0 bridgehead atoms. The van der Waals surface area contributed by atoms with Crippen molar-refractivity contribution in [2.24, 2.45) is 5.73 Å². The summed E-state index contributed by atoms with van der Waals surface area (Å²) in [5.41, 5.74) is 10.0. The lowest BCUT2D eigenvalue weighted by molar-refractivity contribution is -0.124. The van der Waals surface area contributed by atoms with E-state index in [1.807, 2.05) is 83.9 Å². The van der Waals surface area contributed by atoms with Crippen LogP contribution in [0.2, 0.25) is 0 Å². The number of rotatable bonds is 12. The van der Waals surface area contributed by atoms with Crippen LogP contribution >= 0.6 is 0 Å². The number of likely N-dealkylation sites (tertiary alicyclic amines) is 1. The largest absolute Gasteiger partial charge is 0.447 e. The molecule has 0 saturated carbocycles. The highest BCUT2D eigenvalue weighted by molar-refractivity contribution is 5.97. The number of carbonyl (C=O) groups is 3. The molecule has 0 aliphatic carbocycles. The van der Waals surface area contributed by atoms with Crippen LogP contribution in [0.1, 0.15) is 48.0 Å². The Hall–Kier alpha value is -4.05. The van der Waals surface area contributed by atoms with Gasteiger partial charge in [0.05, 0.1) is 18.3 Å². The maximum absolute atomic E-state index is 13.5. The lowest BCUT2D eigenvalue weighted by Crippen LogP contribution is -2.50. The van der Waals surface area contributed by atoms with Crippen molar-refractivity contribution in [1.29, 1.82) is 0 Å². The Balaban J connectivity index is 1.13. The summed E-state index contributed by atoms with van der Waals surface area (Å²) in [7, 11) is 0. The van der Waals surface area contributed by atoms with Gasteiger partial charge >= 0.3 is 6.09 Å². The van der Waals surface area contributed by atoms with Gasteiger partial charge in [0.15, 0.2) is 5.78 Å². The van der Waals surface area contributed by atoms with Crippen LogP contribution in [0.15, 0.2) is 78.9 Å². The van der Waals surface area contributed by atoms with Crippen molar-refractivity contribution in [3.05, 3.63) is 96.4 Å². The number of hydrogen-bond donors (Lipinski definition) is 2. The van der Waals surface area contributed by atoms with Crippen LogP contribution in [0.4, 0.5) is 10.5 Å². The number of Topliss-reactive ketones (excluding diaryl/α,β-unsaturated/α-hetero) is 1. The van der Waals surface area contributed by atoms with E-state index in [4.69, 9.17) is 10.5 Å². The standard InChI is InChI=1S/C35H42N5O4/c36-34(42)32-15-7-10-21-38(32)26-27-16-18-29(19-17-27)33(41)25-37-20-24-44-35(43)40(39-22-8-2-9-23-39)31-14-6-5-13-30(31)28-11-3-1-4-12-28/h1-6,11-14,16-19,32,37H,7-10,15,20-26H2,(H2,36,42). The molecule has 9 nitrogen and oxygen atoms in total. The normalized spacial score (nSPS) is 17.6. The molecule has 0 spiro atoms. The number of primary amides is 1. The van der Waals surface area contributed by atoms with E-state index in [1.54, 1.807) is 5.01 Å². The van der Waals surface area contributed by atoms with E-state index < -0.39 is 6.09 Å². The number of ketones is 1. The number of nitrogens with one attached hydrogen (secondary N) is 1. The number of anilines is 1. The monoisotopic (exact) mass is 596 g/mol. The molecule has 2 fully saturated rings. The molecule has 2 aliphatic rings. The average molecular weight is 597 g/mol. The van der Waals surface area contributed by atoms with Crippen LogP contribution in [-0.2, 0) is 16.1 Å². The van der Waals surface area contributed by atoms with Crippen molar-refractivity contribution in [2.45, 2.75) is 44.7 Å². The summed E-state index contributed by atoms with van der Waals surface area (Å²) >= 11 is 0. The first-order chi connectivity index (χ1) is 21.5. The van der Waals surface area contributed by atoms with E-state index in [9.17, 15) is 14.4 Å². The molecule has 2 aliphatic heterocycles. The van der Waals surface area contributed by atoms with E-state index in [1.165, 1.54) is 0 Å². The van der Waals surface area contributed by atoms with E-state index in [2.05, 4.69) is 16.6 Å². The molecular formula is C35H42N5O4. The molecule has 3 N–H and O–H groups in total. The van der Waals surface area contributed by atoms with E-state index in [0.717, 1.165) is 74.1 Å². The van der Waals surface area contributed by atoms with Crippen molar-refractivity contribution >= 4 is 23.5 Å². The second-order valence-electron chi connectivity index (χ2n) is 11.3. The summed E-state index contributed by atoms with van der Waals surface area (Å²) in [4.78, 5) is 40.2.